The van der Waals surface area contributed by atoms with Crippen molar-refractivity contribution in [1.82, 2.24) is 5.32 Å². The van der Waals surface area contributed by atoms with Gasteiger partial charge in [-0.1, -0.05) is 18.9 Å². The van der Waals surface area contributed by atoms with Gasteiger partial charge in [0.05, 0.1) is 7.11 Å². The summed E-state index contributed by atoms with van der Waals surface area (Å²) in [5, 5.41) is 8.24. The number of urea groups is 1. The summed E-state index contributed by atoms with van der Waals surface area (Å²) >= 11 is 0. The van der Waals surface area contributed by atoms with Gasteiger partial charge in [-0.25, -0.2) is 9.59 Å². The molecule has 1 fully saturated rings. The van der Waals surface area contributed by atoms with E-state index < -0.39 is 6.09 Å². The number of nitrogens with one attached hydrogen (secondary N) is 3. The summed E-state index contributed by atoms with van der Waals surface area (Å²) in [6.07, 6.45) is 3.87. The van der Waals surface area contributed by atoms with Gasteiger partial charge in [0.1, 0.15) is 0 Å². The molecule has 0 aromatic heterocycles. The van der Waals surface area contributed by atoms with Crippen molar-refractivity contribution < 1.29 is 14.3 Å². The lowest BCUT2D eigenvalue weighted by Crippen LogP contribution is -2.36. The molecule has 6 nitrogen and oxygen atoms in total. The predicted molar refractivity (Wildman–Crippen MR) is 76.9 cm³/mol. The Balaban J connectivity index is 1.89. The van der Waals surface area contributed by atoms with Crippen LogP contribution in [-0.4, -0.2) is 25.3 Å². The molecule has 0 bridgehead atoms. The number of hydrogen-bond donors (Lipinski definition) is 3. The highest BCUT2D eigenvalue weighted by atomic mass is 16.5. The van der Waals surface area contributed by atoms with E-state index in [0.29, 0.717) is 11.4 Å². The van der Waals surface area contributed by atoms with Gasteiger partial charge in [-0.05, 0) is 31.0 Å². The van der Waals surface area contributed by atoms with E-state index in [1.165, 1.54) is 20.0 Å². The van der Waals surface area contributed by atoms with Crippen LogP contribution in [0.3, 0.4) is 0 Å². The van der Waals surface area contributed by atoms with E-state index in [9.17, 15) is 9.59 Å². The first-order valence-corrected chi connectivity index (χ1v) is 6.70. The van der Waals surface area contributed by atoms with Crippen LogP contribution in [0, 0.1) is 0 Å². The fourth-order valence-electron chi connectivity index (χ4n) is 2.27. The first kappa shape index (κ1) is 14.2. The van der Waals surface area contributed by atoms with Crippen LogP contribution in [0.15, 0.2) is 24.3 Å². The lowest BCUT2D eigenvalue weighted by Gasteiger charge is -2.13. The highest BCUT2D eigenvalue weighted by Gasteiger charge is 2.16. The van der Waals surface area contributed by atoms with Crippen LogP contribution in [0.25, 0.3) is 0 Å². The van der Waals surface area contributed by atoms with Gasteiger partial charge in [0, 0.05) is 17.4 Å². The zero-order valence-corrected chi connectivity index (χ0v) is 11.4. The van der Waals surface area contributed by atoms with Crippen molar-refractivity contribution >= 4 is 23.5 Å². The van der Waals surface area contributed by atoms with Gasteiger partial charge >= 0.3 is 12.1 Å². The van der Waals surface area contributed by atoms with Crippen molar-refractivity contribution in [3.8, 4) is 0 Å². The van der Waals surface area contributed by atoms with Gasteiger partial charge in [-0.2, -0.15) is 0 Å². The quantitative estimate of drug-likeness (QED) is 0.794. The summed E-state index contributed by atoms with van der Waals surface area (Å²) in [4.78, 5) is 22.9. The summed E-state index contributed by atoms with van der Waals surface area (Å²) in [7, 11) is 1.30. The molecule has 6 heteroatoms. The number of rotatable bonds is 3. The number of benzene rings is 1. The van der Waals surface area contributed by atoms with Crippen LogP contribution < -0.4 is 16.0 Å². The molecular formula is C14H19N3O3. The van der Waals surface area contributed by atoms with Gasteiger partial charge in [-0.3, -0.25) is 5.32 Å². The fraction of sp³-hybridized carbons (Fsp3) is 0.429. The van der Waals surface area contributed by atoms with Crippen molar-refractivity contribution in [3.63, 3.8) is 0 Å². The molecule has 0 atom stereocenters. The molecule has 2 rings (SSSR count). The number of anilines is 2. The van der Waals surface area contributed by atoms with Crippen molar-refractivity contribution in [2.75, 3.05) is 17.7 Å². The third-order valence-corrected chi connectivity index (χ3v) is 3.24. The molecule has 0 radical (unpaired) electrons. The lowest BCUT2D eigenvalue weighted by molar-refractivity contribution is 0.187. The number of hydrogen-bond acceptors (Lipinski definition) is 3. The predicted octanol–water partition coefficient (Wildman–Crippen LogP) is 2.93. The number of carbonyl (C=O) groups is 2. The number of methoxy groups -OCH3 is 1. The summed E-state index contributed by atoms with van der Waals surface area (Å²) in [6.45, 7) is 0. The smallest absolute Gasteiger partial charge is 0.411 e. The highest BCUT2D eigenvalue weighted by molar-refractivity contribution is 5.91. The molecular weight excluding hydrogens is 258 g/mol. The van der Waals surface area contributed by atoms with Crippen LogP contribution in [0.1, 0.15) is 25.7 Å². The van der Waals surface area contributed by atoms with Crippen molar-refractivity contribution in [1.29, 1.82) is 0 Å². The Bertz CT molecular complexity index is 484. The van der Waals surface area contributed by atoms with Gasteiger partial charge in [0.15, 0.2) is 0 Å². The first-order valence-electron chi connectivity index (χ1n) is 6.70. The van der Waals surface area contributed by atoms with E-state index in [4.69, 9.17) is 0 Å². The van der Waals surface area contributed by atoms with E-state index in [0.717, 1.165) is 12.8 Å². The SMILES string of the molecule is COC(=O)Nc1cccc(NC(=O)NC2CCCC2)c1. The maximum Gasteiger partial charge on any atom is 0.411 e. The second-order valence-electron chi connectivity index (χ2n) is 4.78. The van der Waals surface area contributed by atoms with Gasteiger partial charge in [0.25, 0.3) is 0 Å². The van der Waals surface area contributed by atoms with E-state index in [1.807, 2.05) is 0 Å². The molecule has 0 aliphatic heterocycles. The van der Waals surface area contributed by atoms with Crippen LogP contribution in [0.5, 0.6) is 0 Å². The molecule has 108 valence electrons. The van der Waals surface area contributed by atoms with Crippen LogP contribution in [0.2, 0.25) is 0 Å². The number of ether oxygens (including phenoxy) is 1. The molecule has 20 heavy (non-hydrogen) atoms. The van der Waals surface area contributed by atoms with E-state index in [2.05, 4.69) is 20.7 Å². The largest absolute Gasteiger partial charge is 0.453 e. The minimum atomic E-state index is -0.544. The summed E-state index contributed by atoms with van der Waals surface area (Å²) in [5.41, 5.74) is 1.19. The third-order valence-electron chi connectivity index (χ3n) is 3.24. The van der Waals surface area contributed by atoms with Gasteiger partial charge in [0.2, 0.25) is 0 Å². The van der Waals surface area contributed by atoms with Crippen LogP contribution >= 0.6 is 0 Å². The van der Waals surface area contributed by atoms with Gasteiger partial charge < -0.3 is 15.4 Å². The maximum atomic E-state index is 11.8. The average molecular weight is 277 g/mol. The Labute approximate surface area is 117 Å². The van der Waals surface area contributed by atoms with E-state index >= 15 is 0 Å². The van der Waals surface area contributed by atoms with Crippen molar-refractivity contribution in [2.45, 2.75) is 31.7 Å². The Kier molecular flexibility index (Phi) is 4.81. The molecule has 1 aromatic carbocycles. The molecule has 0 heterocycles. The Hall–Kier alpha value is -2.24. The topological polar surface area (TPSA) is 79.5 Å². The first-order chi connectivity index (χ1) is 9.67. The Morgan fingerprint density at radius 3 is 2.45 bits per heavy atom. The molecule has 1 aliphatic carbocycles. The molecule has 0 saturated heterocycles. The van der Waals surface area contributed by atoms with Crippen molar-refractivity contribution in [2.24, 2.45) is 0 Å². The molecule has 1 saturated carbocycles. The van der Waals surface area contributed by atoms with Crippen LogP contribution in [-0.2, 0) is 4.74 Å². The van der Waals surface area contributed by atoms with Gasteiger partial charge in [-0.15, -0.1) is 0 Å². The number of carbonyl (C=O) groups excluding carboxylic acids is 2. The zero-order valence-electron chi connectivity index (χ0n) is 11.4. The summed E-state index contributed by atoms with van der Waals surface area (Å²) in [5.74, 6) is 0. The Morgan fingerprint density at radius 2 is 1.80 bits per heavy atom. The lowest BCUT2D eigenvalue weighted by atomic mass is 10.2. The number of amides is 3. The Morgan fingerprint density at radius 1 is 1.15 bits per heavy atom. The minimum Gasteiger partial charge on any atom is -0.453 e. The maximum absolute atomic E-state index is 11.8. The molecule has 1 aromatic rings. The second kappa shape index (κ2) is 6.79. The molecule has 3 N–H and O–H groups in total. The van der Waals surface area contributed by atoms with E-state index in [1.54, 1.807) is 24.3 Å². The third kappa shape index (κ3) is 4.15. The summed E-state index contributed by atoms with van der Waals surface area (Å²) in [6, 6.07) is 6.95. The molecule has 0 unspecified atom stereocenters. The highest BCUT2D eigenvalue weighted by Crippen LogP contribution is 2.18. The average Bonchev–Trinajstić information content (AvgIpc) is 2.91. The molecule has 1 aliphatic rings. The normalized spacial score (nSPS) is 14.7. The molecule has 3 amide bonds. The monoisotopic (exact) mass is 277 g/mol. The fourth-order valence-corrected chi connectivity index (χ4v) is 2.27. The van der Waals surface area contributed by atoms with Crippen molar-refractivity contribution in [3.05, 3.63) is 24.3 Å². The zero-order chi connectivity index (χ0) is 14.4. The standard InChI is InChI=1S/C14H19N3O3/c1-20-14(19)17-12-8-4-7-11(9-12)16-13(18)15-10-5-2-3-6-10/h4,7-10H,2-3,5-6H2,1H3,(H,17,19)(H2,15,16,18). The van der Waals surface area contributed by atoms with E-state index in [-0.39, 0.29) is 12.1 Å². The molecule has 0 spiro atoms. The summed E-state index contributed by atoms with van der Waals surface area (Å²) < 4.78 is 4.51. The van der Waals surface area contributed by atoms with Crippen LogP contribution in [0.4, 0.5) is 21.0 Å². The second-order valence-corrected chi connectivity index (χ2v) is 4.78. The minimum absolute atomic E-state index is 0.216.